The maximum Gasteiger partial charge on any atom is 0.252 e. The van der Waals surface area contributed by atoms with Crippen molar-refractivity contribution in [1.82, 2.24) is 10.3 Å². The first-order chi connectivity index (χ1) is 10.1. The number of H-pyrrole nitrogens is 1. The molecule has 0 aliphatic carbocycles. The molecule has 2 N–H and O–H groups in total. The summed E-state index contributed by atoms with van der Waals surface area (Å²) >= 11 is 0. The first-order valence-electron chi connectivity index (χ1n) is 7.24. The van der Waals surface area contributed by atoms with Crippen LogP contribution in [0.25, 0.3) is 11.3 Å². The summed E-state index contributed by atoms with van der Waals surface area (Å²) in [6.07, 6.45) is 1.04. The maximum atomic E-state index is 12.1. The van der Waals surface area contributed by atoms with Crippen LogP contribution in [0.2, 0.25) is 0 Å². The van der Waals surface area contributed by atoms with Crippen molar-refractivity contribution in [3.05, 3.63) is 52.3 Å². The van der Waals surface area contributed by atoms with E-state index >= 15 is 0 Å². The minimum absolute atomic E-state index is 0.0499. The molecule has 4 nitrogen and oxygen atoms in total. The summed E-state index contributed by atoms with van der Waals surface area (Å²) in [5, 5.41) is 3.33. The summed E-state index contributed by atoms with van der Waals surface area (Å²) in [4.78, 5) is 15.1. The number of aromatic amines is 1. The van der Waals surface area contributed by atoms with Crippen LogP contribution in [0.3, 0.4) is 0 Å². The van der Waals surface area contributed by atoms with Gasteiger partial charge < -0.3 is 15.0 Å². The molecule has 0 aliphatic heterocycles. The van der Waals surface area contributed by atoms with Crippen LogP contribution in [0.15, 0.2) is 41.2 Å². The molecule has 0 radical (unpaired) electrons. The predicted molar refractivity (Wildman–Crippen MR) is 85.6 cm³/mol. The van der Waals surface area contributed by atoms with Crippen LogP contribution in [0.5, 0.6) is 5.75 Å². The van der Waals surface area contributed by atoms with Crippen LogP contribution in [-0.4, -0.2) is 18.1 Å². The SMILES string of the molecule is CCC(C)NCc1ccc(-c2cccc(OC)c2)[nH]c1=O. The number of rotatable bonds is 6. The van der Waals surface area contributed by atoms with Gasteiger partial charge in [0.25, 0.3) is 5.56 Å². The van der Waals surface area contributed by atoms with Gasteiger partial charge in [0.15, 0.2) is 0 Å². The molecule has 1 aromatic carbocycles. The molecule has 21 heavy (non-hydrogen) atoms. The van der Waals surface area contributed by atoms with E-state index in [1.165, 1.54) is 0 Å². The lowest BCUT2D eigenvalue weighted by molar-refractivity contribution is 0.415. The van der Waals surface area contributed by atoms with Crippen molar-refractivity contribution in [1.29, 1.82) is 0 Å². The van der Waals surface area contributed by atoms with Gasteiger partial charge in [0.05, 0.1) is 7.11 Å². The van der Waals surface area contributed by atoms with Crippen LogP contribution >= 0.6 is 0 Å². The number of hydrogen-bond donors (Lipinski definition) is 2. The van der Waals surface area contributed by atoms with Gasteiger partial charge in [-0.1, -0.05) is 25.1 Å². The Labute approximate surface area is 125 Å². The zero-order valence-electron chi connectivity index (χ0n) is 12.8. The second kappa shape index (κ2) is 7.09. The second-order valence-corrected chi connectivity index (χ2v) is 5.15. The van der Waals surface area contributed by atoms with E-state index < -0.39 is 0 Å². The molecular formula is C17H22N2O2. The van der Waals surface area contributed by atoms with Crippen molar-refractivity contribution < 1.29 is 4.74 Å². The highest BCUT2D eigenvalue weighted by Gasteiger charge is 2.05. The number of benzene rings is 1. The van der Waals surface area contributed by atoms with E-state index in [9.17, 15) is 4.79 Å². The van der Waals surface area contributed by atoms with Crippen molar-refractivity contribution in [2.75, 3.05) is 7.11 Å². The fourth-order valence-corrected chi connectivity index (χ4v) is 2.03. The van der Waals surface area contributed by atoms with E-state index in [4.69, 9.17) is 4.74 Å². The average Bonchev–Trinajstić information content (AvgIpc) is 2.53. The van der Waals surface area contributed by atoms with Crippen LogP contribution in [-0.2, 0) is 6.54 Å². The molecule has 4 heteroatoms. The summed E-state index contributed by atoms with van der Waals surface area (Å²) < 4.78 is 5.21. The minimum atomic E-state index is -0.0499. The third kappa shape index (κ3) is 3.95. The third-order valence-corrected chi connectivity index (χ3v) is 3.63. The highest BCUT2D eigenvalue weighted by atomic mass is 16.5. The molecule has 1 heterocycles. The Bertz CT molecular complexity index is 649. The van der Waals surface area contributed by atoms with Gasteiger partial charge in [-0.15, -0.1) is 0 Å². The van der Waals surface area contributed by atoms with E-state index in [1.54, 1.807) is 7.11 Å². The van der Waals surface area contributed by atoms with Crippen LogP contribution in [0.1, 0.15) is 25.8 Å². The monoisotopic (exact) mass is 286 g/mol. The van der Waals surface area contributed by atoms with Crippen molar-refractivity contribution >= 4 is 0 Å². The zero-order valence-corrected chi connectivity index (χ0v) is 12.8. The minimum Gasteiger partial charge on any atom is -0.497 e. The molecular weight excluding hydrogens is 264 g/mol. The highest BCUT2D eigenvalue weighted by Crippen LogP contribution is 2.21. The molecule has 0 fully saturated rings. The Kier molecular flexibility index (Phi) is 5.17. The molecule has 0 saturated carbocycles. The molecule has 2 rings (SSSR count). The van der Waals surface area contributed by atoms with Crippen molar-refractivity contribution in [3.8, 4) is 17.0 Å². The summed E-state index contributed by atoms with van der Waals surface area (Å²) in [5.74, 6) is 0.774. The van der Waals surface area contributed by atoms with Gasteiger partial charge in [0.2, 0.25) is 0 Å². The van der Waals surface area contributed by atoms with Gasteiger partial charge in [-0.2, -0.15) is 0 Å². The normalized spacial score (nSPS) is 12.1. The quantitative estimate of drug-likeness (QED) is 0.858. The maximum absolute atomic E-state index is 12.1. The first kappa shape index (κ1) is 15.3. The number of pyridine rings is 1. The van der Waals surface area contributed by atoms with Crippen molar-refractivity contribution in [2.45, 2.75) is 32.9 Å². The van der Waals surface area contributed by atoms with Crippen LogP contribution in [0, 0.1) is 0 Å². The van der Waals surface area contributed by atoms with Crippen LogP contribution in [0.4, 0.5) is 0 Å². The van der Waals surface area contributed by atoms with E-state index in [0.717, 1.165) is 29.0 Å². The van der Waals surface area contributed by atoms with Crippen molar-refractivity contribution in [2.24, 2.45) is 0 Å². The van der Waals surface area contributed by atoms with Crippen molar-refractivity contribution in [3.63, 3.8) is 0 Å². The number of ether oxygens (including phenoxy) is 1. The number of hydrogen-bond acceptors (Lipinski definition) is 3. The van der Waals surface area contributed by atoms with Crippen LogP contribution < -0.4 is 15.6 Å². The Balaban J connectivity index is 2.20. The average molecular weight is 286 g/mol. The Morgan fingerprint density at radius 1 is 1.29 bits per heavy atom. The topological polar surface area (TPSA) is 54.1 Å². The molecule has 0 amide bonds. The molecule has 1 unspecified atom stereocenters. The summed E-state index contributed by atoms with van der Waals surface area (Å²) in [6.45, 7) is 4.81. The third-order valence-electron chi connectivity index (χ3n) is 3.63. The zero-order chi connectivity index (χ0) is 15.2. The lowest BCUT2D eigenvalue weighted by Gasteiger charge is -2.11. The van der Waals surface area contributed by atoms with E-state index in [2.05, 4.69) is 24.1 Å². The standard InChI is InChI=1S/C17H22N2O2/c1-4-12(2)18-11-14-8-9-16(19-17(14)20)13-6-5-7-15(10-13)21-3/h5-10,12,18H,4,11H2,1-3H3,(H,19,20). The molecule has 1 atom stereocenters. The first-order valence-corrected chi connectivity index (χ1v) is 7.24. The lowest BCUT2D eigenvalue weighted by Crippen LogP contribution is -2.28. The highest BCUT2D eigenvalue weighted by molar-refractivity contribution is 5.61. The van der Waals surface area contributed by atoms with Gasteiger partial charge in [-0.3, -0.25) is 4.79 Å². The molecule has 0 bridgehead atoms. The van der Waals surface area contributed by atoms with Gasteiger partial charge in [0, 0.05) is 29.4 Å². The van der Waals surface area contributed by atoms with E-state index in [-0.39, 0.29) is 5.56 Å². The molecule has 2 aromatic rings. The smallest absolute Gasteiger partial charge is 0.252 e. The Hall–Kier alpha value is -2.07. The number of nitrogens with one attached hydrogen (secondary N) is 2. The van der Waals surface area contributed by atoms with E-state index in [0.29, 0.717) is 12.6 Å². The van der Waals surface area contributed by atoms with Gasteiger partial charge in [-0.05, 0) is 31.5 Å². The van der Waals surface area contributed by atoms with E-state index in [1.807, 2.05) is 36.4 Å². The predicted octanol–water partition coefficient (Wildman–Crippen LogP) is 2.94. The molecule has 0 spiro atoms. The second-order valence-electron chi connectivity index (χ2n) is 5.15. The fraction of sp³-hybridized carbons (Fsp3) is 0.353. The summed E-state index contributed by atoms with van der Waals surface area (Å²) in [5.41, 5.74) is 2.44. The largest absolute Gasteiger partial charge is 0.497 e. The number of methoxy groups -OCH3 is 1. The van der Waals surface area contributed by atoms with Gasteiger partial charge >= 0.3 is 0 Å². The fourth-order valence-electron chi connectivity index (χ4n) is 2.03. The number of aromatic nitrogens is 1. The molecule has 0 saturated heterocycles. The summed E-state index contributed by atoms with van der Waals surface area (Å²) in [7, 11) is 1.63. The molecule has 0 aliphatic rings. The molecule has 112 valence electrons. The van der Waals surface area contributed by atoms with Gasteiger partial charge in [-0.25, -0.2) is 0 Å². The molecule has 1 aromatic heterocycles. The van der Waals surface area contributed by atoms with Gasteiger partial charge in [0.1, 0.15) is 5.75 Å². The Morgan fingerprint density at radius 3 is 2.76 bits per heavy atom. The lowest BCUT2D eigenvalue weighted by atomic mass is 10.1. The summed E-state index contributed by atoms with van der Waals surface area (Å²) in [6, 6.07) is 11.9. The Morgan fingerprint density at radius 2 is 2.10 bits per heavy atom.